The standard InChI is InChI=1S/C84H58N8/c1-9-25-59(26-10-1)71-55-85-49-45-75(71)89(63-33-17-5-18-34-63)79-53-80(90(64-35-19-6-20-36-64)76-46-50-86-56-72(76)60-27-11-2-12-28-60)68-43-44-70-82(92(66-39-23-8-24-40-66)78-48-52-88-58-74(78)62-31-15-4-16-32-62)54-81(69-42-41-67(79)83(68)84(69)70)91(65-37-21-7-22-38-65)77-47-51-87-57-73(77)61-29-13-3-14-30-61/h1-58H. The minimum atomic E-state index is 0.973. The zero-order valence-corrected chi connectivity index (χ0v) is 50.1. The number of rotatable bonds is 16. The smallest absolute Gasteiger partial charge is 0.0571 e. The molecule has 0 aliphatic heterocycles. The van der Waals surface area contributed by atoms with Crippen LogP contribution in [0.5, 0.6) is 0 Å². The summed E-state index contributed by atoms with van der Waals surface area (Å²) in [5.41, 5.74) is 19.9. The molecule has 0 aliphatic rings. The molecule has 434 valence electrons. The van der Waals surface area contributed by atoms with E-state index in [1.807, 2.05) is 49.6 Å². The van der Waals surface area contributed by atoms with Gasteiger partial charge in [0.1, 0.15) is 0 Å². The van der Waals surface area contributed by atoms with Gasteiger partial charge in [0.2, 0.25) is 0 Å². The van der Waals surface area contributed by atoms with Crippen LogP contribution in [0.1, 0.15) is 0 Å². The maximum atomic E-state index is 4.83. The van der Waals surface area contributed by atoms with Gasteiger partial charge in [-0.1, -0.05) is 218 Å². The molecule has 0 atom stereocenters. The molecule has 0 saturated heterocycles. The van der Waals surface area contributed by atoms with E-state index in [9.17, 15) is 0 Å². The molecule has 8 heteroatoms. The molecule has 0 amide bonds. The topological polar surface area (TPSA) is 64.5 Å². The first-order chi connectivity index (χ1) is 45.7. The number of benzene rings is 12. The van der Waals surface area contributed by atoms with Gasteiger partial charge in [0.15, 0.2) is 0 Å². The van der Waals surface area contributed by atoms with E-state index in [4.69, 9.17) is 19.9 Å². The monoisotopic (exact) mass is 1180 g/mol. The molecule has 0 spiro atoms. The second kappa shape index (κ2) is 24.2. The Hall–Kier alpha value is -12.5. The van der Waals surface area contributed by atoms with Crippen molar-refractivity contribution in [1.82, 2.24) is 19.9 Å². The zero-order chi connectivity index (χ0) is 61.2. The van der Waals surface area contributed by atoms with E-state index in [1.165, 1.54) is 0 Å². The predicted molar refractivity (Wildman–Crippen MR) is 382 cm³/mol. The molecule has 12 aromatic carbocycles. The predicted octanol–water partition coefficient (Wildman–Crippen LogP) is 22.7. The summed E-state index contributed by atoms with van der Waals surface area (Å²) in [6.45, 7) is 0. The molecule has 0 fully saturated rings. The fourth-order valence-electron chi connectivity index (χ4n) is 13.3. The summed E-state index contributed by atoms with van der Waals surface area (Å²) in [4.78, 5) is 29.1. The van der Waals surface area contributed by atoms with Gasteiger partial charge in [0.05, 0.1) is 45.5 Å². The lowest BCUT2D eigenvalue weighted by Crippen LogP contribution is -2.17. The zero-order valence-electron chi connectivity index (χ0n) is 50.1. The Kier molecular flexibility index (Phi) is 14.4. The number of pyridine rings is 4. The van der Waals surface area contributed by atoms with Crippen molar-refractivity contribution >= 4 is 101 Å². The number of aromatic nitrogens is 4. The third-order valence-electron chi connectivity index (χ3n) is 17.3. The van der Waals surface area contributed by atoms with Gasteiger partial charge in [0.25, 0.3) is 0 Å². The van der Waals surface area contributed by atoms with Gasteiger partial charge < -0.3 is 19.6 Å². The van der Waals surface area contributed by atoms with E-state index in [0.717, 1.165) is 145 Å². The van der Waals surface area contributed by atoms with Gasteiger partial charge in [-0.25, -0.2) is 0 Å². The summed E-state index contributed by atoms with van der Waals surface area (Å²) < 4.78 is 0. The number of hydrogen-bond donors (Lipinski definition) is 0. The molecular formula is C84H58N8. The molecule has 16 rings (SSSR count). The highest BCUT2D eigenvalue weighted by Gasteiger charge is 2.31. The van der Waals surface area contributed by atoms with Crippen molar-refractivity contribution in [2.75, 3.05) is 19.6 Å². The number of hydrogen-bond acceptors (Lipinski definition) is 8. The quantitative estimate of drug-likeness (QED) is 0.0887. The molecule has 0 radical (unpaired) electrons. The van der Waals surface area contributed by atoms with Crippen LogP contribution in [0.15, 0.2) is 353 Å². The van der Waals surface area contributed by atoms with Crippen LogP contribution in [0.2, 0.25) is 0 Å². The van der Waals surface area contributed by atoms with Crippen LogP contribution in [0.3, 0.4) is 0 Å². The van der Waals surface area contributed by atoms with Crippen molar-refractivity contribution in [2.24, 2.45) is 0 Å². The minimum Gasteiger partial charge on any atom is -0.309 e. The van der Waals surface area contributed by atoms with E-state index in [2.05, 4.69) is 323 Å². The molecule has 4 heterocycles. The van der Waals surface area contributed by atoms with E-state index in [1.54, 1.807) is 0 Å². The van der Waals surface area contributed by atoms with E-state index >= 15 is 0 Å². The maximum absolute atomic E-state index is 4.83. The first-order valence-electron chi connectivity index (χ1n) is 30.9. The number of para-hydroxylation sites is 4. The summed E-state index contributed by atoms with van der Waals surface area (Å²) in [7, 11) is 0. The molecule has 92 heavy (non-hydrogen) atoms. The van der Waals surface area contributed by atoms with Gasteiger partial charge in [-0.3, -0.25) is 19.9 Å². The van der Waals surface area contributed by atoms with Gasteiger partial charge in [-0.2, -0.15) is 0 Å². The van der Waals surface area contributed by atoms with Gasteiger partial charge >= 0.3 is 0 Å². The highest BCUT2D eigenvalue weighted by atomic mass is 15.2. The third-order valence-corrected chi connectivity index (χ3v) is 17.3. The first-order valence-corrected chi connectivity index (χ1v) is 30.9. The van der Waals surface area contributed by atoms with Crippen molar-refractivity contribution in [3.63, 3.8) is 0 Å². The average Bonchev–Trinajstić information content (AvgIpc) is 0.703. The highest BCUT2D eigenvalue weighted by molar-refractivity contribution is 6.33. The maximum Gasteiger partial charge on any atom is 0.0571 e. The molecule has 0 saturated carbocycles. The lowest BCUT2D eigenvalue weighted by molar-refractivity contribution is 1.23. The molecule has 0 unspecified atom stereocenters. The van der Waals surface area contributed by atoms with Crippen LogP contribution in [0.25, 0.3) is 76.8 Å². The molecular weight excluding hydrogens is 1120 g/mol. The lowest BCUT2D eigenvalue weighted by Gasteiger charge is -2.35. The summed E-state index contributed by atoms with van der Waals surface area (Å²) in [6.07, 6.45) is 15.6. The Morgan fingerprint density at radius 3 is 0.587 bits per heavy atom. The fraction of sp³-hybridized carbons (Fsp3) is 0. The molecule has 0 aliphatic carbocycles. The van der Waals surface area contributed by atoms with Gasteiger partial charge in [0, 0.05) is 127 Å². The van der Waals surface area contributed by atoms with Gasteiger partial charge in [-0.15, -0.1) is 0 Å². The van der Waals surface area contributed by atoms with E-state index in [0.29, 0.717) is 0 Å². The van der Waals surface area contributed by atoms with Crippen LogP contribution in [0, 0.1) is 0 Å². The Morgan fingerprint density at radius 2 is 0.380 bits per heavy atom. The van der Waals surface area contributed by atoms with Crippen molar-refractivity contribution in [3.8, 4) is 44.5 Å². The first kappa shape index (κ1) is 54.8. The normalized spacial score (nSPS) is 11.3. The number of nitrogens with zero attached hydrogens (tertiary/aromatic N) is 8. The minimum absolute atomic E-state index is 0.973. The Bertz CT molecular complexity index is 4570. The van der Waals surface area contributed by atoms with Crippen LogP contribution in [0.4, 0.5) is 68.2 Å². The SMILES string of the molecule is c1ccc(-c2cnccc2N(c2ccccc2)c2cc(N(c3ccccc3)c3ccncc3-c3ccccc3)c3ccc4c(N(c5ccccc5)c5ccncc5-c5ccccc5)cc(N(c5ccccc5)c5ccncc5-c5ccccc5)c5ccc2c3c54)cc1. The van der Waals surface area contributed by atoms with Crippen LogP contribution >= 0.6 is 0 Å². The lowest BCUT2D eigenvalue weighted by atomic mass is 9.88. The Morgan fingerprint density at radius 1 is 0.185 bits per heavy atom. The second-order valence-corrected chi connectivity index (χ2v) is 22.6. The van der Waals surface area contributed by atoms with Crippen LogP contribution < -0.4 is 19.6 Å². The van der Waals surface area contributed by atoms with Crippen molar-refractivity contribution in [1.29, 1.82) is 0 Å². The van der Waals surface area contributed by atoms with Gasteiger partial charge in [-0.05, 0) is 107 Å². The van der Waals surface area contributed by atoms with Crippen molar-refractivity contribution in [2.45, 2.75) is 0 Å². The molecule has 0 bridgehead atoms. The van der Waals surface area contributed by atoms with Crippen molar-refractivity contribution in [3.05, 3.63) is 353 Å². The molecule has 8 nitrogen and oxygen atoms in total. The third kappa shape index (κ3) is 9.94. The summed E-state index contributed by atoms with van der Waals surface area (Å²) in [5, 5.41) is 6.37. The summed E-state index contributed by atoms with van der Waals surface area (Å²) in [5.74, 6) is 0. The summed E-state index contributed by atoms with van der Waals surface area (Å²) in [6, 6.07) is 108. The number of anilines is 12. The Balaban J connectivity index is 1.11. The summed E-state index contributed by atoms with van der Waals surface area (Å²) >= 11 is 0. The van der Waals surface area contributed by atoms with E-state index < -0.39 is 0 Å². The average molecular weight is 1180 g/mol. The second-order valence-electron chi connectivity index (χ2n) is 22.6. The highest BCUT2D eigenvalue weighted by Crippen LogP contribution is 2.57. The largest absolute Gasteiger partial charge is 0.309 e. The van der Waals surface area contributed by atoms with Crippen molar-refractivity contribution < 1.29 is 0 Å². The van der Waals surface area contributed by atoms with Crippen LogP contribution in [-0.2, 0) is 0 Å². The Labute approximate surface area is 534 Å². The molecule has 4 aromatic heterocycles. The van der Waals surface area contributed by atoms with E-state index in [-0.39, 0.29) is 0 Å². The molecule has 16 aromatic rings. The molecule has 0 N–H and O–H groups in total. The van der Waals surface area contributed by atoms with Crippen LogP contribution in [-0.4, -0.2) is 19.9 Å². The fourth-order valence-corrected chi connectivity index (χ4v) is 13.3.